The standard InChI is InChI=1S/C25H16BFO2/c27-22-14-13-21-23(24(22)26(28)29)17-9-3-6-12-20(17)25(21)18-10-4-1-7-15(18)16-8-2-5-11-19(16)25/h1-14,28-29H. The summed E-state index contributed by atoms with van der Waals surface area (Å²) in [6.45, 7) is 0. The van der Waals surface area contributed by atoms with Crippen molar-refractivity contribution in [1.82, 2.24) is 0 Å². The van der Waals surface area contributed by atoms with Crippen molar-refractivity contribution in [3.8, 4) is 22.3 Å². The number of fused-ring (bicyclic) bond motifs is 10. The predicted octanol–water partition coefficient (Wildman–Crippen LogP) is 3.85. The molecule has 1 spiro atoms. The van der Waals surface area contributed by atoms with Gasteiger partial charge in [-0.2, -0.15) is 0 Å². The lowest BCUT2D eigenvalue weighted by Crippen LogP contribution is -2.35. The van der Waals surface area contributed by atoms with E-state index in [1.165, 1.54) is 6.07 Å². The average Bonchev–Trinajstić information content (AvgIpc) is 3.21. The third-order valence-electron chi connectivity index (χ3n) is 6.41. The van der Waals surface area contributed by atoms with Gasteiger partial charge in [-0.05, 0) is 50.6 Å². The summed E-state index contributed by atoms with van der Waals surface area (Å²) in [5.41, 5.74) is 7.28. The maximum Gasteiger partial charge on any atom is 0.492 e. The number of hydrogen-bond donors (Lipinski definition) is 2. The Morgan fingerprint density at radius 2 is 1.07 bits per heavy atom. The van der Waals surface area contributed by atoms with Crippen molar-refractivity contribution in [2.24, 2.45) is 0 Å². The van der Waals surface area contributed by atoms with Gasteiger partial charge in [0, 0.05) is 5.46 Å². The average molecular weight is 378 g/mol. The van der Waals surface area contributed by atoms with E-state index in [0.717, 1.165) is 38.9 Å². The molecule has 4 aromatic carbocycles. The Kier molecular flexibility index (Phi) is 3.26. The smallest absolute Gasteiger partial charge is 0.423 e. The Bertz CT molecular complexity index is 1270. The summed E-state index contributed by atoms with van der Waals surface area (Å²) in [7, 11) is -1.89. The second-order valence-electron chi connectivity index (χ2n) is 7.64. The largest absolute Gasteiger partial charge is 0.492 e. The first-order valence-corrected chi connectivity index (χ1v) is 9.64. The Morgan fingerprint density at radius 3 is 1.62 bits per heavy atom. The van der Waals surface area contributed by atoms with Crippen LogP contribution in [0.25, 0.3) is 22.3 Å². The highest BCUT2D eigenvalue weighted by Crippen LogP contribution is 2.62. The van der Waals surface area contributed by atoms with Crippen LogP contribution in [0.5, 0.6) is 0 Å². The first-order valence-electron chi connectivity index (χ1n) is 9.64. The lowest BCUT2D eigenvalue weighted by Gasteiger charge is -2.30. The molecule has 0 unspecified atom stereocenters. The summed E-state index contributed by atoms with van der Waals surface area (Å²) in [5, 5.41) is 20.1. The Hall–Kier alpha value is -3.21. The highest BCUT2D eigenvalue weighted by atomic mass is 19.1. The van der Waals surface area contributed by atoms with Gasteiger partial charge in [0.25, 0.3) is 0 Å². The lowest BCUT2D eigenvalue weighted by atomic mass is 9.69. The van der Waals surface area contributed by atoms with Crippen molar-refractivity contribution < 1.29 is 14.4 Å². The molecule has 0 aromatic heterocycles. The molecule has 2 nitrogen and oxygen atoms in total. The van der Waals surface area contributed by atoms with Crippen LogP contribution in [0.1, 0.15) is 22.3 Å². The van der Waals surface area contributed by atoms with Gasteiger partial charge in [0.15, 0.2) is 0 Å². The number of rotatable bonds is 1. The van der Waals surface area contributed by atoms with Crippen LogP contribution in [0.15, 0.2) is 84.9 Å². The molecule has 2 N–H and O–H groups in total. The SMILES string of the molecule is OB(O)c1c(F)ccc2c1-c1ccccc1C21c2ccccc2-c2ccccc21. The molecular formula is C25H16BFO2. The van der Waals surface area contributed by atoms with Crippen molar-refractivity contribution in [2.45, 2.75) is 5.41 Å². The zero-order chi connectivity index (χ0) is 19.8. The van der Waals surface area contributed by atoms with E-state index in [4.69, 9.17) is 0 Å². The van der Waals surface area contributed by atoms with Crippen LogP contribution >= 0.6 is 0 Å². The maximum absolute atomic E-state index is 14.7. The molecule has 0 aliphatic heterocycles. The summed E-state index contributed by atoms with van der Waals surface area (Å²) in [4.78, 5) is 0. The summed E-state index contributed by atoms with van der Waals surface area (Å²) in [6.07, 6.45) is 0. The monoisotopic (exact) mass is 378 g/mol. The zero-order valence-electron chi connectivity index (χ0n) is 15.4. The van der Waals surface area contributed by atoms with Crippen LogP contribution in [-0.4, -0.2) is 17.2 Å². The molecule has 0 fully saturated rings. The van der Waals surface area contributed by atoms with Crippen LogP contribution < -0.4 is 5.46 Å². The maximum atomic E-state index is 14.7. The summed E-state index contributed by atoms with van der Waals surface area (Å²) < 4.78 is 14.7. The van der Waals surface area contributed by atoms with Crippen LogP contribution in [0.3, 0.4) is 0 Å². The first kappa shape index (κ1) is 16.7. The number of benzene rings is 4. The molecular weight excluding hydrogens is 362 g/mol. The van der Waals surface area contributed by atoms with Crippen LogP contribution in [-0.2, 0) is 5.41 Å². The topological polar surface area (TPSA) is 40.5 Å². The molecule has 0 atom stereocenters. The minimum Gasteiger partial charge on any atom is -0.423 e. The van der Waals surface area contributed by atoms with E-state index < -0.39 is 18.4 Å². The van der Waals surface area contributed by atoms with Gasteiger partial charge in [-0.1, -0.05) is 78.9 Å². The fourth-order valence-electron chi connectivity index (χ4n) is 5.44. The second-order valence-corrected chi connectivity index (χ2v) is 7.64. The number of halogens is 1. The van der Waals surface area contributed by atoms with Crippen LogP contribution in [0.2, 0.25) is 0 Å². The highest BCUT2D eigenvalue weighted by molar-refractivity contribution is 6.61. The van der Waals surface area contributed by atoms with Crippen molar-refractivity contribution in [3.05, 3.63) is 113 Å². The molecule has 4 aromatic rings. The van der Waals surface area contributed by atoms with Crippen LogP contribution in [0.4, 0.5) is 4.39 Å². The normalized spacial score (nSPS) is 14.3. The van der Waals surface area contributed by atoms with E-state index in [1.807, 2.05) is 42.5 Å². The molecule has 2 aliphatic rings. The quantitative estimate of drug-likeness (QED) is 0.427. The molecule has 0 heterocycles. The van der Waals surface area contributed by atoms with E-state index in [0.29, 0.717) is 5.56 Å². The van der Waals surface area contributed by atoms with E-state index in [1.54, 1.807) is 6.07 Å². The number of hydrogen-bond acceptors (Lipinski definition) is 2. The van der Waals surface area contributed by atoms with Gasteiger partial charge in [0.1, 0.15) is 5.82 Å². The van der Waals surface area contributed by atoms with Crippen molar-refractivity contribution in [1.29, 1.82) is 0 Å². The fourth-order valence-corrected chi connectivity index (χ4v) is 5.44. The third kappa shape index (κ3) is 1.88. The third-order valence-corrected chi connectivity index (χ3v) is 6.41. The molecule has 6 rings (SSSR count). The van der Waals surface area contributed by atoms with Gasteiger partial charge in [-0.3, -0.25) is 0 Å². The summed E-state index contributed by atoms with van der Waals surface area (Å²) >= 11 is 0. The van der Waals surface area contributed by atoms with Gasteiger partial charge in [0.05, 0.1) is 5.41 Å². The van der Waals surface area contributed by atoms with Crippen molar-refractivity contribution >= 4 is 12.6 Å². The van der Waals surface area contributed by atoms with Gasteiger partial charge in [-0.15, -0.1) is 0 Å². The molecule has 0 amide bonds. The second kappa shape index (κ2) is 5.66. The minimum atomic E-state index is -1.89. The molecule has 138 valence electrons. The molecule has 29 heavy (non-hydrogen) atoms. The Labute approximate surface area is 168 Å². The predicted molar refractivity (Wildman–Crippen MR) is 113 cm³/mol. The van der Waals surface area contributed by atoms with Gasteiger partial charge in [0.2, 0.25) is 0 Å². The molecule has 2 aliphatic carbocycles. The summed E-state index contributed by atoms with van der Waals surface area (Å²) in [6, 6.07) is 27.7. The summed E-state index contributed by atoms with van der Waals surface area (Å²) in [5.74, 6) is -0.606. The lowest BCUT2D eigenvalue weighted by molar-refractivity contribution is 0.423. The van der Waals surface area contributed by atoms with Gasteiger partial charge in [-0.25, -0.2) is 4.39 Å². The molecule has 0 bridgehead atoms. The fraction of sp³-hybridized carbons (Fsp3) is 0.0400. The Morgan fingerprint density at radius 1 is 0.586 bits per heavy atom. The van der Waals surface area contributed by atoms with E-state index >= 15 is 0 Å². The first-order chi connectivity index (χ1) is 14.2. The molecule has 0 saturated heterocycles. The van der Waals surface area contributed by atoms with Gasteiger partial charge < -0.3 is 10.0 Å². The Balaban J connectivity index is 1.87. The zero-order valence-corrected chi connectivity index (χ0v) is 15.4. The van der Waals surface area contributed by atoms with E-state index in [2.05, 4.69) is 30.3 Å². The van der Waals surface area contributed by atoms with Crippen molar-refractivity contribution in [2.75, 3.05) is 0 Å². The van der Waals surface area contributed by atoms with Gasteiger partial charge >= 0.3 is 7.12 Å². The van der Waals surface area contributed by atoms with E-state index in [-0.39, 0.29) is 5.46 Å². The molecule has 0 radical (unpaired) electrons. The molecule has 4 heteroatoms. The van der Waals surface area contributed by atoms with Crippen LogP contribution in [0, 0.1) is 5.82 Å². The highest BCUT2D eigenvalue weighted by Gasteiger charge is 2.52. The molecule has 0 saturated carbocycles. The van der Waals surface area contributed by atoms with Crippen molar-refractivity contribution in [3.63, 3.8) is 0 Å². The van der Waals surface area contributed by atoms with E-state index in [9.17, 15) is 14.4 Å². The minimum absolute atomic E-state index is 0.0614.